The summed E-state index contributed by atoms with van der Waals surface area (Å²) in [7, 11) is 0. The molecule has 0 aliphatic carbocycles. The van der Waals surface area contributed by atoms with E-state index in [2.05, 4.69) is 36.5 Å². The molecular weight excluding hydrogens is 528 g/mol. The predicted molar refractivity (Wildman–Crippen MR) is 120 cm³/mol. The summed E-state index contributed by atoms with van der Waals surface area (Å²) in [4.78, 5) is 38.6. The van der Waals surface area contributed by atoms with Crippen molar-refractivity contribution in [3.8, 4) is 0 Å². The number of fused-ring (bicyclic) bond motifs is 1. The molecule has 10 nitrogen and oxygen atoms in total. The number of aliphatic carboxylic acids is 1. The van der Waals surface area contributed by atoms with E-state index in [1.54, 1.807) is 19.3 Å². The summed E-state index contributed by atoms with van der Waals surface area (Å²) in [6.45, 7) is 3.53. The van der Waals surface area contributed by atoms with Gasteiger partial charge in [-0.1, -0.05) is 23.1 Å². The van der Waals surface area contributed by atoms with Gasteiger partial charge in [-0.2, -0.15) is 5.10 Å². The number of carbonyl (C=O) groups is 3. The summed E-state index contributed by atoms with van der Waals surface area (Å²) >= 11 is 7.57. The highest BCUT2D eigenvalue weighted by atomic mass is 79.9. The molecule has 2 aliphatic rings. The molecule has 3 atom stereocenters. The molecule has 2 N–H and O–H groups in total. The Balaban J connectivity index is 1.45. The fraction of sp³-hybridized carbons (Fsp3) is 0.412. The van der Waals surface area contributed by atoms with Gasteiger partial charge >= 0.3 is 5.97 Å². The largest absolute Gasteiger partial charge is 0.477 e. The molecule has 1 saturated heterocycles. The van der Waals surface area contributed by atoms with Crippen LogP contribution in [0.3, 0.4) is 0 Å². The number of halogens is 1. The highest BCUT2D eigenvalue weighted by molar-refractivity contribution is 9.10. The summed E-state index contributed by atoms with van der Waals surface area (Å²) in [5, 5.41) is 25.0. The highest BCUT2D eigenvalue weighted by Crippen LogP contribution is 2.41. The van der Waals surface area contributed by atoms with Crippen LogP contribution in [-0.2, 0) is 14.4 Å². The third-order valence-electron chi connectivity index (χ3n) is 4.77. The summed E-state index contributed by atoms with van der Waals surface area (Å²) in [5.74, 6) is -1.08. The molecular formula is C17H17BrN6O4S3. The molecule has 0 aromatic carbocycles. The molecule has 4 rings (SSSR count). The minimum absolute atomic E-state index is 0.00274. The van der Waals surface area contributed by atoms with E-state index < -0.39 is 29.3 Å². The van der Waals surface area contributed by atoms with Crippen molar-refractivity contribution in [2.45, 2.75) is 35.6 Å². The first-order valence-corrected chi connectivity index (χ1v) is 12.7. The molecule has 2 amide bonds. The fourth-order valence-corrected chi connectivity index (χ4v) is 6.80. The van der Waals surface area contributed by atoms with E-state index in [1.807, 2.05) is 6.92 Å². The number of hydrogen-bond acceptors (Lipinski definition) is 9. The SMILES string of the molecule is Cc1nnc(SCC2=C(C(=O)O)N3C(=O)C(NC(=O)C(C)n4cc(Br)cn4)C3SC2)s1. The van der Waals surface area contributed by atoms with Crippen LogP contribution in [-0.4, -0.2) is 70.7 Å². The highest BCUT2D eigenvalue weighted by Gasteiger charge is 2.54. The molecule has 31 heavy (non-hydrogen) atoms. The number of aryl methyl sites for hydroxylation is 1. The van der Waals surface area contributed by atoms with E-state index in [9.17, 15) is 19.5 Å². The zero-order chi connectivity index (χ0) is 22.3. The number of carboxylic acids is 1. The van der Waals surface area contributed by atoms with E-state index >= 15 is 0 Å². The molecule has 0 spiro atoms. The molecule has 2 aromatic heterocycles. The Morgan fingerprint density at radius 2 is 2.23 bits per heavy atom. The van der Waals surface area contributed by atoms with Gasteiger partial charge in [-0.25, -0.2) is 4.79 Å². The van der Waals surface area contributed by atoms with Gasteiger partial charge in [0.15, 0.2) is 4.34 Å². The Morgan fingerprint density at radius 3 is 2.84 bits per heavy atom. The Kier molecular flexibility index (Phi) is 6.42. The average molecular weight is 545 g/mol. The van der Waals surface area contributed by atoms with Gasteiger partial charge < -0.3 is 10.4 Å². The maximum absolute atomic E-state index is 12.8. The van der Waals surface area contributed by atoms with E-state index in [4.69, 9.17) is 0 Å². The number of carbonyl (C=O) groups excluding carboxylic acids is 2. The lowest BCUT2D eigenvalue weighted by molar-refractivity contribution is -0.151. The number of amides is 2. The van der Waals surface area contributed by atoms with Crippen molar-refractivity contribution in [2.75, 3.05) is 11.5 Å². The molecule has 0 bridgehead atoms. The van der Waals surface area contributed by atoms with Gasteiger partial charge in [0, 0.05) is 17.7 Å². The van der Waals surface area contributed by atoms with Crippen LogP contribution in [0.4, 0.5) is 0 Å². The van der Waals surface area contributed by atoms with E-state index in [1.165, 1.54) is 44.4 Å². The summed E-state index contributed by atoms with van der Waals surface area (Å²) in [6, 6.07) is -1.38. The number of rotatable bonds is 7. The average Bonchev–Trinajstić information content (AvgIpc) is 3.36. The minimum Gasteiger partial charge on any atom is -0.477 e. The number of carboxylic acid groups (broad SMARTS) is 1. The van der Waals surface area contributed by atoms with Crippen molar-refractivity contribution in [2.24, 2.45) is 0 Å². The smallest absolute Gasteiger partial charge is 0.352 e. The maximum Gasteiger partial charge on any atom is 0.352 e. The first kappa shape index (κ1) is 22.3. The van der Waals surface area contributed by atoms with Gasteiger partial charge in [-0.15, -0.1) is 22.0 Å². The van der Waals surface area contributed by atoms with Gasteiger partial charge in [0.2, 0.25) is 5.91 Å². The van der Waals surface area contributed by atoms with Crippen molar-refractivity contribution >= 4 is 68.6 Å². The first-order chi connectivity index (χ1) is 14.8. The van der Waals surface area contributed by atoms with Crippen molar-refractivity contribution in [3.63, 3.8) is 0 Å². The van der Waals surface area contributed by atoms with Gasteiger partial charge in [0.25, 0.3) is 5.91 Å². The lowest BCUT2D eigenvalue weighted by Crippen LogP contribution is -2.71. The molecule has 4 heterocycles. The monoisotopic (exact) mass is 544 g/mol. The Labute approximate surface area is 198 Å². The second kappa shape index (κ2) is 8.92. The number of nitrogens with zero attached hydrogens (tertiary/aromatic N) is 5. The molecule has 2 aromatic rings. The molecule has 2 aliphatic heterocycles. The van der Waals surface area contributed by atoms with Crippen molar-refractivity contribution in [1.29, 1.82) is 0 Å². The molecule has 164 valence electrons. The Hall–Kier alpha value is -1.90. The van der Waals surface area contributed by atoms with Gasteiger partial charge in [-0.3, -0.25) is 19.2 Å². The Morgan fingerprint density at radius 1 is 1.45 bits per heavy atom. The summed E-state index contributed by atoms with van der Waals surface area (Å²) in [5.41, 5.74) is 0.650. The number of aromatic nitrogens is 4. The van der Waals surface area contributed by atoms with Crippen LogP contribution in [0.15, 0.2) is 32.5 Å². The lowest BCUT2D eigenvalue weighted by Gasteiger charge is -2.49. The van der Waals surface area contributed by atoms with Crippen LogP contribution >= 0.6 is 50.8 Å². The van der Waals surface area contributed by atoms with Crippen LogP contribution in [0.1, 0.15) is 18.0 Å². The molecule has 0 saturated carbocycles. The van der Waals surface area contributed by atoms with Gasteiger partial charge in [0.1, 0.15) is 28.2 Å². The third-order valence-corrected chi connectivity index (χ3v) is 8.58. The third kappa shape index (κ3) is 4.38. The zero-order valence-corrected chi connectivity index (χ0v) is 20.3. The minimum atomic E-state index is -1.15. The Bertz CT molecular complexity index is 1090. The quantitative estimate of drug-likeness (QED) is 0.396. The second-order valence-electron chi connectivity index (χ2n) is 6.84. The number of hydrogen-bond donors (Lipinski definition) is 2. The first-order valence-electron chi connectivity index (χ1n) is 9.09. The van der Waals surface area contributed by atoms with Crippen LogP contribution in [0.2, 0.25) is 0 Å². The number of β-lactam (4-membered cyclic amide) rings is 1. The predicted octanol–water partition coefficient (Wildman–Crippen LogP) is 1.90. The standard InChI is InChI=1S/C17H17BrN6O4S3/c1-7(23-4-10(18)3-19-23)13(25)20-11-14(26)24-12(16(27)28)9(5-29-15(11)24)6-30-17-22-21-8(2)31-17/h3-4,7,11,15H,5-6H2,1-2H3,(H,20,25)(H,27,28). The molecule has 1 fully saturated rings. The summed E-state index contributed by atoms with van der Waals surface area (Å²) in [6.07, 6.45) is 3.24. The summed E-state index contributed by atoms with van der Waals surface area (Å²) < 4.78 is 2.98. The number of thioether (sulfide) groups is 2. The maximum atomic E-state index is 12.8. The molecule has 0 radical (unpaired) electrons. The van der Waals surface area contributed by atoms with Gasteiger partial charge in [0.05, 0.1) is 10.7 Å². The van der Waals surface area contributed by atoms with E-state index in [0.29, 0.717) is 17.1 Å². The van der Waals surface area contributed by atoms with E-state index in [0.717, 1.165) is 13.8 Å². The molecule has 3 unspecified atom stereocenters. The van der Waals surface area contributed by atoms with Gasteiger partial charge in [-0.05, 0) is 35.4 Å². The number of nitrogens with one attached hydrogen (secondary N) is 1. The second-order valence-corrected chi connectivity index (χ2v) is 11.3. The van der Waals surface area contributed by atoms with Crippen molar-refractivity contribution in [3.05, 3.63) is 33.1 Å². The zero-order valence-electron chi connectivity index (χ0n) is 16.3. The molecule has 14 heteroatoms. The van der Waals surface area contributed by atoms with Crippen LogP contribution in [0.25, 0.3) is 0 Å². The van der Waals surface area contributed by atoms with E-state index in [-0.39, 0.29) is 11.6 Å². The van der Waals surface area contributed by atoms with Crippen molar-refractivity contribution < 1.29 is 19.5 Å². The van der Waals surface area contributed by atoms with Crippen LogP contribution < -0.4 is 5.32 Å². The topological polar surface area (TPSA) is 130 Å². The fourth-order valence-electron chi connectivity index (χ4n) is 3.20. The van der Waals surface area contributed by atoms with Crippen LogP contribution in [0.5, 0.6) is 0 Å². The lowest BCUT2D eigenvalue weighted by atomic mass is 10.0. The van der Waals surface area contributed by atoms with Crippen LogP contribution in [0, 0.1) is 6.92 Å². The van der Waals surface area contributed by atoms with Crippen molar-refractivity contribution in [1.82, 2.24) is 30.2 Å². The normalized spacial score (nSPS) is 21.5.